The SMILES string of the molecule is CCCCCNC(=O)c1cc(Nc2cc(OC)ccc2OC)ncn1. The number of ether oxygens (including phenoxy) is 2. The van der Waals surface area contributed by atoms with Crippen LogP contribution in [-0.2, 0) is 0 Å². The second-order valence-electron chi connectivity index (χ2n) is 5.44. The van der Waals surface area contributed by atoms with Crippen LogP contribution in [-0.4, -0.2) is 36.6 Å². The minimum atomic E-state index is -0.209. The van der Waals surface area contributed by atoms with E-state index in [-0.39, 0.29) is 5.91 Å². The fourth-order valence-corrected chi connectivity index (χ4v) is 2.27. The number of rotatable bonds is 9. The molecule has 7 nitrogen and oxygen atoms in total. The van der Waals surface area contributed by atoms with Gasteiger partial charge in [0.2, 0.25) is 0 Å². The van der Waals surface area contributed by atoms with E-state index < -0.39 is 0 Å². The summed E-state index contributed by atoms with van der Waals surface area (Å²) in [5, 5.41) is 6.00. The Bertz CT molecular complexity index is 706. The highest BCUT2D eigenvalue weighted by Gasteiger charge is 2.10. The van der Waals surface area contributed by atoms with E-state index in [9.17, 15) is 4.79 Å². The number of anilines is 2. The van der Waals surface area contributed by atoms with Gasteiger partial charge in [0.05, 0.1) is 19.9 Å². The van der Waals surface area contributed by atoms with Gasteiger partial charge in [-0.15, -0.1) is 0 Å². The van der Waals surface area contributed by atoms with Gasteiger partial charge >= 0.3 is 0 Å². The predicted molar refractivity (Wildman–Crippen MR) is 96.7 cm³/mol. The van der Waals surface area contributed by atoms with E-state index in [1.54, 1.807) is 38.5 Å². The van der Waals surface area contributed by atoms with Gasteiger partial charge in [-0.1, -0.05) is 19.8 Å². The Hall–Kier alpha value is -2.83. The Morgan fingerprint density at radius 2 is 1.96 bits per heavy atom. The summed E-state index contributed by atoms with van der Waals surface area (Å²) in [6, 6.07) is 7.00. The molecule has 0 aliphatic heterocycles. The van der Waals surface area contributed by atoms with Crippen LogP contribution in [0.3, 0.4) is 0 Å². The number of benzene rings is 1. The summed E-state index contributed by atoms with van der Waals surface area (Å²) in [5.74, 6) is 1.62. The lowest BCUT2D eigenvalue weighted by atomic mass is 10.2. The number of aromatic nitrogens is 2. The van der Waals surface area contributed by atoms with Crippen molar-refractivity contribution in [2.24, 2.45) is 0 Å². The standard InChI is InChI=1S/C18H24N4O3/c1-4-5-6-9-19-18(23)15-11-17(21-12-20-15)22-14-10-13(24-2)7-8-16(14)25-3/h7-8,10-12H,4-6,9H2,1-3H3,(H,19,23)(H,20,21,22). The van der Waals surface area contributed by atoms with E-state index in [4.69, 9.17) is 9.47 Å². The lowest BCUT2D eigenvalue weighted by Gasteiger charge is -2.12. The van der Waals surface area contributed by atoms with E-state index in [0.717, 1.165) is 19.3 Å². The summed E-state index contributed by atoms with van der Waals surface area (Å²) in [5.41, 5.74) is 1.01. The van der Waals surface area contributed by atoms with Crippen molar-refractivity contribution in [2.45, 2.75) is 26.2 Å². The Morgan fingerprint density at radius 1 is 1.12 bits per heavy atom. The Labute approximate surface area is 147 Å². The third-order valence-corrected chi connectivity index (χ3v) is 3.63. The normalized spacial score (nSPS) is 10.2. The topological polar surface area (TPSA) is 85.4 Å². The number of hydrogen-bond donors (Lipinski definition) is 2. The predicted octanol–water partition coefficient (Wildman–Crippen LogP) is 3.16. The summed E-state index contributed by atoms with van der Waals surface area (Å²) in [6.45, 7) is 2.76. The molecule has 1 amide bonds. The molecular formula is C18H24N4O3. The molecule has 0 saturated heterocycles. The molecule has 0 unspecified atom stereocenters. The first-order valence-corrected chi connectivity index (χ1v) is 8.27. The maximum absolute atomic E-state index is 12.2. The van der Waals surface area contributed by atoms with Crippen LogP contribution in [0.4, 0.5) is 11.5 Å². The number of carbonyl (C=O) groups is 1. The molecule has 134 valence electrons. The van der Waals surface area contributed by atoms with Crippen LogP contribution < -0.4 is 20.1 Å². The van der Waals surface area contributed by atoms with Crippen LogP contribution >= 0.6 is 0 Å². The highest BCUT2D eigenvalue weighted by atomic mass is 16.5. The molecule has 0 bridgehead atoms. The Kier molecular flexibility index (Phi) is 7.00. The van der Waals surface area contributed by atoms with E-state index in [2.05, 4.69) is 27.5 Å². The summed E-state index contributed by atoms with van der Waals surface area (Å²) in [4.78, 5) is 20.4. The number of hydrogen-bond acceptors (Lipinski definition) is 6. The Morgan fingerprint density at radius 3 is 2.68 bits per heavy atom. The first-order chi connectivity index (χ1) is 12.2. The summed E-state index contributed by atoms with van der Waals surface area (Å²) in [6.07, 6.45) is 4.52. The second-order valence-corrected chi connectivity index (χ2v) is 5.44. The summed E-state index contributed by atoms with van der Waals surface area (Å²) in [7, 11) is 3.18. The Balaban J connectivity index is 2.10. The number of nitrogens with zero attached hydrogens (tertiary/aromatic N) is 2. The molecular weight excluding hydrogens is 320 g/mol. The number of carbonyl (C=O) groups excluding carboxylic acids is 1. The van der Waals surface area contributed by atoms with Gasteiger partial charge < -0.3 is 20.1 Å². The molecule has 25 heavy (non-hydrogen) atoms. The van der Waals surface area contributed by atoms with Crippen LogP contribution in [0.25, 0.3) is 0 Å². The lowest BCUT2D eigenvalue weighted by Crippen LogP contribution is -2.25. The van der Waals surface area contributed by atoms with Crippen LogP contribution in [0.15, 0.2) is 30.6 Å². The molecule has 2 rings (SSSR count). The molecule has 0 aliphatic rings. The molecule has 0 aliphatic carbocycles. The van der Waals surface area contributed by atoms with E-state index in [1.165, 1.54) is 6.33 Å². The maximum Gasteiger partial charge on any atom is 0.270 e. The largest absolute Gasteiger partial charge is 0.497 e. The van der Waals surface area contributed by atoms with Crippen molar-refractivity contribution in [3.63, 3.8) is 0 Å². The average molecular weight is 344 g/mol. The third-order valence-electron chi connectivity index (χ3n) is 3.63. The quantitative estimate of drug-likeness (QED) is 0.680. The minimum absolute atomic E-state index is 0.209. The number of nitrogens with one attached hydrogen (secondary N) is 2. The lowest BCUT2D eigenvalue weighted by molar-refractivity contribution is 0.0948. The summed E-state index contributed by atoms with van der Waals surface area (Å²) >= 11 is 0. The van der Waals surface area contributed by atoms with Gasteiger partial charge in [-0.05, 0) is 18.6 Å². The molecule has 1 aromatic heterocycles. The van der Waals surface area contributed by atoms with Gasteiger partial charge in [0, 0.05) is 18.7 Å². The molecule has 7 heteroatoms. The van der Waals surface area contributed by atoms with Crippen LogP contribution in [0.5, 0.6) is 11.5 Å². The summed E-state index contributed by atoms with van der Waals surface area (Å²) < 4.78 is 10.6. The number of methoxy groups -OCH3 is 2. The molecule has 0 fully saturated rings. The first-order valence-electron chi connectivity index (χ1n) is 8.27. The third kappa shape index (κ3) is 5.34. The fraction of sp³-hybridized carbons (Fsp3) is 0.389. The van der Waals surface area contributed by atoms with E-state index in [0.29, 0.717) is 35.2 Å². The maximum atomic E-state index is 12.2. The van der Waals surface area contributed by atoms with Gasteiger partial charge in [0.1, 0.15) is 29.3 Å². The van der Waals surface area contributed by atoms with Gasteiger partial charge in [0.15, 0.2) is 0 Å². The number of unbranched alkanes of at least 4 members (excludes halogenated alkanes) is 2. The molecule has 0 radical (unpaired) electrons. The monoisotopic (exact) mass is 344 g/mol. The molecule has 2 aromatic rings. The van der Waals surface area contributed by atoms with Crippen LogP contribution in [0.2, 0.25) is 0 Å². The zero-order chi connectivity index (χ0) is 18.1. The van der Waals surface area contributed by atoms with Crippen molar-refractivity contribution in [3.05, 3.63) is 36.3 Å². The smallest absolute Gasteiger partial charge is 0.270 e. The molecule has 0 spiro atoms. The highest BCUT2D eigenvalue weighted by Crippen LogP contribution is 2.30. The molecule has 0 atom stereocenters. The molecule has 2 N–H and O–H groups in total. The van der Waals surface area contributed by atoms with Crippen molar-refractivity contribution in [3.8, 4) is 11.5 Å². The molecule has 1 aromatic carbocycles. The van der Waals surface area contributed by atoms with E-state index in [1.807, 2.05) is 0 Å². The second kappa shape index (κ2) is 9.46. The van der Waals surface area contributed by atoms with Crippen molar-refractivity contribution < 1.29 is 14.3 Å². The fourth-order valence-electron chi connectivity index (χ4n) is 2.27. The zero-order valence-electron chi connectivity index (χ0n) is 14.8. The highest BCUT2D eigenvalue weighted by molar-refractivity contribution is 5.93. The number of amides is 1. The first kappa shape index (κ1) is 18.5. The van der Waals surface area contributed by atoms with Crippen LogP contribution in [0, 0.1) is 0 Å². The van der Waals surface area contributed by atoms with Gasteiger partial charge in [-0.25, -0.2) is 9.97 Å². The van der Waals surface area contributed by atoms with Crippen LogP contribution in [0.1, 0.15) is 36.7 Å². The minimum Gasteiger partial charge on any atom is -0.497 e. The van der Waals surface area contributed by atoms with Gasteiger partial charge in [0.25, 0.3) is 5.91 Å². The van der Waals surface area contributed by atoms with Crippen molar-refractivity contribution in [1.29, 1.82) is 0 Å². The van der Waals surface area contributed by atoms with Crippen molar-refractivity contribution >= 4 is 17.4 Å². The van der Waals surface area contributed by atoms with Gasteiger partial charge in [-0.2, -0.15) is 0 Å². The molecule has 1 heterocycles. The average Bonchev–Trinajstić information content (AvgIpc) is 2.65. The van der Waals surface area contributed by atoms with E-state index >= 15 is 0 Å². The van der Waals surface area contributed by atoms with Gasteiger partial charge in [-0.3, -0.25) is 4.79 Å². The van der Waals surface area contributed by atoms with Crippen molar-refractivity contribution in [1.82, 2.24) is 15.3 Å². The molecule has 0 saturated carbocycles. The van der Waals surface area contributed by atoms with Crippen molar-refractivity contribution in [2.75, 3.05) is 26.1 Å². The zero-order valence-corrected chi connectivity index (χ0v) is 14.8.